The first-order valence-electron chi connectivity index (χ1n) is 6.92. The molecule has 0 fully saturated rings. The SMILES string of the molecule is NCCc1c(F)cccc1Oc1cccc2ccccc12. The van der Waals surface area contributed by atoms with E-state index in [1.807, 2.05) is 42.5 Å². The summed E-state index contributed by atoms with van der Waals surface area (Å²) in [5.74, 6) is 0.965. The van der Waals surface area contributed by atoms with Crippen LogP contribution in [0.25, 0.3) is 10.8 Å². The second kappa shape index (κ2) is 5.94. The predicted octanol–water partition coefficient (Wildman–Crippen LogP) is 4.27. The fourth-order valence-electron chi connectivity index (χ4n) is 2.42. The molecule has 3 rings (SSSR count). The standard InChI is InChI=1S/C18H16FNO/c19-16-8-4-10-18(15(16)11-12-20)21-17-9-3-6-13-5-1-2-7-14(13)17/h1-10H,11-12,20H2. The Bertz CT molecular complexity index is 765. The number of fused-ring (bicyclic) bond motifs is 1. The Kier molecular flexibility index (Phi) is 3.84. The van der Waals surface area contributed by atoms with Gasteiger partial charge in [-0.05, 0) is 36.6 Å². The first-order chi connectivity index (χ1) is 10.3. The lowest BCUT2D eigenvalue weighted by atomic mass is 10.1. The smallest absolute Gasteiger partial charge is 0.135 e. The third-order valence-corrected chi connectivity index (χ3v) is 3.44. The van der Waals surface area contributed by atoms with Gasteiger partial charge in [0.1, 0.15) is 17.3 Å². The van der Waals surface area contributed by atoms with Crippen LogP contribution in [-0.2, 0) is 6.42 Å². The van der Waals surface area contributed by atoms with Crippen molar-refractivity contribution in [1.29, 1.82) is 0 Å². The number of hydrogen-bond donors (Lipinski definition) is 1. The van der Waals surface area contributed by atoms with Crippen molar-refractivity contribution in [3.05, 3.63) is 72.0 Å². The molecule has 0 aliphatic carbocycles. The Morgan fingerprint density at radius 2 is 1.57 bits per heavy atom. The summed E-state index contributed by atoms with van der Waals surface area (Å²) in [6, 6.07) is 18.6. The first-order valence-corrected chi connectivity index (χ1v) is 6.92. The molecule has 0 radical (unpaired) electrons. The van der Waals surface area contributed by atoms with Crippen LogP contribution in [-0.4, -0.2) is 6.54 Å². The third kappa shape index (κ3) is 2.73. The molecule has 0 atom stereocenters. The Morgan fingerprint density at radius 1 is 0.857 bits per heavy atom. The summed E-state index contributed by atoms with van der Waals surface area (Å²) >= 11 is 0. The normalized spacial score (nSPS) is 10.8. The van der Waals surface area contributed by atoms with Gasteiger partial charge in [0.15, 0.2) is 0 Å². The van der Waals surface area contributed by atoms with Gasteiger partial charge in [0.05, 0.1) is 0 Å². The summed E-state index contributed by atoms with van der Waals surface area (Å²) < 4.78 is 19.9. The number of hydrogen-bond acceptors (Lipinski definition) is 2. The number of benzene rings is 3. The highest BCUT2D eigenvalue weighted by Crippen LogP contribution is 2.32. The summed E-state index contributed by atoms with van der Waals surface area (Å²) in [4.78, 5) is 0. The molecule has 3 aromatic rings. The largest absolute Gasteiger partial charge is 0.456 e. The van der Waals surface area contributed by atoms with Crippen LogP contribution in [0.4, 0.5) is 4.39 Å². The van der Waals surface area contributed by atoms with Gasteiger partial charge in [-0.1, -0.05) is 42.5 Å². The summed E-state index contributed by atoms with van der Waals surface area (Å²) in [7, 11) is 0. The van der Waals surface area contributed by atoms with Gasteiger partial charge in [0.2, 0.25) is 0 Å². The molecule has 2 N–H and O–H groups in total. The molecule has 0 aliphatic heterocycles. The summed E-state index contributed by atoms with van der Waals surface area (Å²) in [5.41, 5.74) is 6.08. The van der Waals surface area contributed by atoms with Crippen LogP contribution in [0.2, 0.25) is 0 Å². The second-order valence-electron chi connectivity index (χ2n) is 4.83. The minimum Gasteiger partial charge on any atom is -0.456 e. The Balaban J connectivity index is 2.05. The van der Waals surface area contributed by atoms with E-state index in [0.29, 0.717) is 24.3 Å². The summed E-state index contributed by atoms with van der Waals surface area (Å²) in [5, 5.41) is 2.09. The van der Waals surface area contributed by atoms with Crippen LogP contribution in [0.15, 0.2) is 60.7 Å². The molecule has 0 unspecified atom stereocenters. The van der Waals surface area contributed by atoms with Gasteiger partial charge >= 0.3 is 0 Å². The lowest BCUT2D eigenvalue weighted by Crippen LogP contribution is -2.06. The molecule has 0 heterocycles. The summed E-state index contributed by atoms with van der Waals surface area (Å²) in [6.07, 6.45) is 0.451. The molecule has 106 valence electrons. The van der Waals surface area contributed by atoms with Crippen molar-refractivity contribution in [2.75, 3.05) is 6.54 Å². The maximum absolute atomic E-state index is 13.9. The highest BCUT2D eigenvalue weighted by Gasteiger charge is 2.11. The highest BCUT2D eigenvalue weighted by molar-refractivity contribution is 5.88. The van der Waals surface area contributed by atoms with E-state index in [1.54, 1.807) is 12.1 Å². The Morgan fingerprint density at radius 3 is 2.43 bits per heavy atom. The third-order valence-electron chi connectivity index (χ3n) is 3.44. The molecular formula is C18H16FNO. The van der Waals surface area contributed by atoms with Gasteiger partial charge < -0.3 is 10.5 Å². The fraction of sp³-hybridized carbons (Fsp3) is 0.111. The molecular weight excluding hydrogens is 265 g/mol. The van der Waals surface area contributed by atoms with Crippen molar-refractivity contribution in [2.45, 2.75) is 6.42 Å². The summed E-state index contributed by atoms with van der Waals surface area (Å²) in [6.45, 7) is 0.382. The van der Waals surface area contributed by atoms with Crippen molar-refractivity contribution in [1.82, 2.24) is 0 Å². The van der Waals surface area contributed by atoms with Gasteiger partial charge in [-0.25, -0.2) is 4.39 Å². The van der Waals surface area contributed by atoms with E-state index in [1.165, 1.54) is 6.07 Å². The highest BCUT2D eigenvalue weighted by atomic mass is 19.1. The van der Waals surface area contributed by atoms with E-state index in [0.717, 1.165) is 16.5 Å². The van der Waals surface area contributed by atoms with Gasteiger partial charge in [0, 0.05) is 10.9 Å². The number of ether oxygens (including phenoxy) is 1. The van der Waals surface area contributed by atoms with E-state index in [-0.39, 0.29) is 5.82 Å². The van der Waals surface area contributed by atoms with Crippen molar-refractivity contribution in [3.8, 4) is 11.5 Å². The topological polar surface area (TPSA) is 35.2 Å². The lowest BCUT2D eigenvalue weighted by Gasteiger charge is -2.13. The maximum Gasteiger partial charge on any atom is 0.135 e. The zero-order chi connectivity index (χ0) is 14.7. The molecule has 0 saturated carbocycles. The second-order valence-corrected chi connectivity index (χ2v) is 4.83. The zero-order valence-electron chi connectivity index (χ0n) is 11.6. The average molecular weight is 281 g/mol. The van der Waals surface area contributed by atoms with Crippen LogP contribution in [0.3, 0.4) is 0 Å². The van der Waals surface area contributed by atoms with E-state index >= 15 is 0 Å². The quantitative estimate of drug-likeness (QED) is 0.775. The van der Waals surface area contributed by atoms with Gasteiger partial charge in [-0.2, -0.15) is 0 Å². The van der Waals surface area contributed by atoms with Crippen molar-refractivity contribution in [2.24, 2.45) is 5.73 Å². The molecule has 0 bridgehead atoms. The van der Waals surface area contributed by atoms with Gasteiger partial charge in [-0.15, -0.1) is 0 Å². The Hall–Kier alpha value is -2.39. The number of halogens is 1. The molecule has 0 amide bonds. The van der Waals surface area contributed by atoms with E-state index < -0.39 is 0 Å². The van der Waals surface area contributed by atoms with Crippen molar-refractivity contribution >= 4 is 10.8 Å². The predicted molar refractivity (Wildman–Crippen MR) is 83.2 cm³/mol. The molecule has 0 spiro atoms. The van der Waals surface area contributed by atoms with Gasteiger partial charge in [0.25, 0.3) is 0 Å². The minimum atomic E-state index is -0.279. The first kappa shape index (κ1) is 13.6. The average Bonchev–Trinajstić information content (AvgIpc) is 2.51. The van der Waals surface area contributed by atoms with E-state index in [4.69, 9.17) is 10.5 Å². The molecule has 21 heavy (non-hydrogen) atoms. The number of rotatable bonds is 4. The van der Waals surface area contributed by atoms with E-state index in [2.05, 4.69) is 0 Å². The Labute approximate surface area is 123 Å². The molecule has 2 nitrogen and oxygen atoms in total. The van der Waals surface area contributed by atoms with E-state index in [9.17, 15) is 4.39 Å². The number of nitrogens with two attached hydrogens (primary N) is 1. The minimum absolute atomic E-state index is 0.279. The lowest BCUT2D eigenvalue weighted by molar-refractivity contribution is 0.472. The van der Waals surface area contributed by atoms with Crippen molar-refractivity contribution in [3.63, 3.8) is 0 Å². The molecule has 0 saturated heterocycles. The van der Waals surface area contributed by atoms with Crippen LogP contribution in [0.1, 0.15) is 5.56 Å². The molecule has 3 heteroatoms. The van der Waals surface area contributed by atoms with Crippen LogP contribution in [0.5, 0.6) is 11.5 Å². The van der Waals surface area contributed by atoms with Gasteiger partial charge in [-0.3, -0.25) is 0 Å². The van der Waals surface area contributed by atoms with Crippen LogP contribution >= 0.6 is 0 Å². The zero-order valence-corrected chi connectivity index (χ0v) is 11.6. The van der Waals surface area contributed by atoms with Crippen molar-refractivity contribution < 1.29 is 9.13 Å². The van der Waals surface area contributed by atoms with Crippen LogP contribution in [0, 0.1) is 5.82 Å². The fourth-order valence-corrected chi connectivity index (χ4v) is 2.42. The molecule has 3 aromatic carbocycles. The molecule has 0 aliphatic rings. The monoisotopic (exact) mass is 281 g/mol. The maximum atomic E-state index is 13.9. The molecule has 0 aromatic heterocycles. The van der Waals surface area contributed by atoms with Crippen LogP contribution < -0.4 is 10.5 Å².